The van der Waals surface area contributed by atoms with Gasteiger partial charge in [-0.3, -0.25) is 14.4 Å². The smallest absolute Gasteiger partial charge is 0.335 e. The molecular formula is C22H22N4O5. The summed E-state index contributed by atoms with van der Waals surface area (Å²) in [4.78, 5) is 48.8. The van der Waals surface area contributed by atoms with Crippen molar-refractivity contribution < 1.29 is 24.3 Å². The lowest BCUT2D eigenvalue weighted by atomic mass is 9.99. The fourth-order valence-electron chi connectivity index (χ4n) is 2.87. The Bertz CT molecular complexity index is 1140. The largest absolute Gasteiger partial charge is 0.478 e. The number of aromatic carboxylic acids is 1. The van der Waals surface area contributed by atoms with Gasteiger partial charge in [-0.05, 0) is 63.6 Å². The molecular weight excluding hydrogens is 400 g/mol. The maximum absolute atomic E-state index is 13.0. The third kappa shape index (κ3) is 5.45. The van der Waals surface area contributed by atoms with E-state index in [1.165, 1.54) is 12.1 Å². The van der Waals surface area contributed by atoms with Crippen molar-refractivity contribution in [2.45, 2.75) is 33.2 Å². The summed E-state index contributed by atoms with van der Waals surface area (Å²) in [5, 5.41) is 23.8. The van der Waals surface area contributed by atoms with E-state index in [1.54, 1.807) is 27.7 Å². The van der Waals surface area contributed by atoms with E-state index in [4.69, 9.17) is 5.73 Å². The molecule has 0 heterocycles. The summed E-state index contributed by atoms with van der Waals surface area (Å²) >= 11 is 0. The number of carboxylic acids is 1. The summed E-state index contributed by atoms with van der Waals surface area (Å²) in [5.74, 6) is -3.54. The molecule has 2 rings (SSSR count). The second kappa shape index (κ2) is 8.67. The standard InChI is InChI=1S/C22H22N4O5/c1-11-7-12(10-23)8-16(20(29)26-22(2,3)4)17(11)25-19(28)15-9-13(21(30)31)5-6-14(15)18(24)27/h5-9H,1-4H3,(H2,24,27)(H,25,28)(H,26,29)(H,30,31). The van der Waals surface area contributed by atoms with Crippen LogP contribution in [0.1, 0.15) is 73.3 Å². The fourth-order valence-corrected chi connectivity index (χ4v) is 2.87. The van der Waals surface area contributed by atoms with E-state index in [-0.39, 0.29) is 33.5 Å². The first kappa shape index (κ1) is 23.1. The number of aryl methyl sites for hydroxylation is 1. The van der Waals surface area contributed by atoms with Crippen molar-refractivity contribution in [3.8, 4) is 6.07 Å². The van der Waals surface area contributed by atoms with E-state index in [2.05, 4.69) is 10.6 Å². The van der Waals surface area contributed by atoms with Gasteiger partial charge in [-0.1, -0.05) is 0 Å². The van der Waals surface area contributed by atoms with E-state index in [0.717, 1.165) is 18.2 Å². The van der Waals surface area contributed by atoms with E-state index in [1.807, 2.05) is 6.07 Å². The van der Waals surface area contributed by atoms with E-state index in [0.29, 0.717) is 5.56 Å². The summed E-state index contributed by atoms with van der Waals surface area (Å²) in [7, 11) is 0. The minimum Gasteiger partial charge on any atom is -0.478 e. The Kier molecular flexibility index (Phi) is 6.46. The van der Waals surface area contributed by atoms with Gasteiger partial charge in [0, 0.05) is 5.54 Å². The second-order valence-electron chi connectivity index (χ2n) is 7.92. The molecule has 160 valence electrons. The Hall–Kier alpha value is -4.19. The van der Waals surface area contributed by atoms with Gasteiger partial charge in [0.15, 0.2) is 0 Å². The Balaban J connectivity index is 2.58. The third-order valence-electron chi connectivity index (χ3n) is 4.21. The molecule has 0 spiro atoms. The first-order valence-electron chi connectivity index (χ1n) is 9.20. The zero-order valence-corrected chi connectivity index (χ0v) is 17.5. The highest BCUT2D eigenvalue weighted by Crippen LogP contribution is 2.25. The van der Waals surface area contributed by atoms with Gasteiger partial charge in [-0.25, -0.2) is 4.79 Å². The van der Waals surface area contributed by atoms with E-state index >= 15 is 0 Å². The summed E-state index contributed by atoms with van der Waals surface area (Å²) in [6.45, 7) is 6.94. The molecule has 0 unspecified atom stereocenters. The van der Waals surface area contributed by atoms with Crippen molar-refractivity contribution in [2.24, 2.45) is 5.73 Å². The van der Waals surface area contributed by atoms with Crippen molar-refractivity contribution in [1.82, 2.24) is 5.32 Å². The van der Waals surface area contributed by atoms with Gasteiger partial charge < -0.3 is 21.5 Å². The van der Waals surface area contributed by atoms with Crippen molar-refractivity contribution >= 4 is 29.4 Å². The van der Waals surface area contributed by atoms with Crippen LogP contribution in [0.2, 0.25) is 0 Å². The molecule has 0 atom stereocenters. The molecule has 0 aliphatic heterocycles. The molecule has 0 bridgehead atoms. The zero-order chi connectivity index (χ0) is 23.5. The summed E-state index contributed by atoms with van der Waals surface area (Å²) in [6.07, 6.45) is 0. The first-order chi connectivity index (χ1) is 14.3. The van der Waals surface area contributed by atoms with Gasteiger partial charge in [0.25, 0.3) is 11.8 Å². The lowest BCUT2D eigenvalue weighted by Gasteiger charge is -2.22. The molecule has 0 saturated carbocycles. The molecule has 31 heavy (non-hydrogen) atoms. The van der Waals surface area contributed by atoms with Crippen LogP contribution in [0.15, 0.2) is 30.3 Å². The maximum Gasteiger partial charge on any atom is 0.335 e. The maximum atomic E-state index is 13.0. The van der Waals surface area contributed by atoms with Crippen molar-refractivity contribution in [3.05, 3.63) is 63.7 Å². The number of carboxylic acid groups (broad SMARTS) is 1. The van der Waals surface area contributed by atoms with Gasteiger partial charge in [0.2, 0.25) is 5.91 Å². The summed E-state index contributed by atoms with van der Waals surface area (Å²) in [5.41, 5.74) is 4.94. The predicted octanol–water partition coefficient (Wildman–Crippen LogP) is 2.44. The number of anilines is 1. The van der Waals surface area contributed by atoms with Crippen molar-refractivity contribution in [2.75, 3.05) is 5.32 Å². The number of primary amides is 1. The number of nitrogens with one attached hydrogen (secondary N) is 2. The van der Waals surface area contributed by atoms with Gasteiger partial charge in [-0.15, -0.1) is 0 Å². The first-order valence-corrected chi connectivity index (χ1v) is 9.20. The van der Waals surface area contributed by atoms with Gasteiger partial charge >= 0.3 is 5.97 Å². The van der Waals surface area contributed by atoms with Crippen LogP contribution < -0.4 is 16.4 Å². The van der Waals surface area contributed by atoms with Crippen LogP contribution >= 0.6 is 0 Å². The molecule has 5 N–H and O–H groups in total. The molecule has 0 aromatic heterocycles. The summed E-state index contributed by atoms with van der Waals surface area (Å²) < 4.78 is 0. The van der Waals surface area contributed by atoms with Gasteiger partial charge in [-0.2, -0.15) is 5.26 Å². The Morgan fingerprint density at radius 1 is 1.00 bits per heavy atom. The molecule has 0 radical (unpaired) electrons. The average molecular weight is 422 g/mol. The highest BCUT2D eigenvalue weighted by atomic mass is 16.4. The molecule has 3 amide bonds. The molecule has 0 saturated heterocycles. The number of hydrogen-bond donors (Lipinski definition) is 4. The Labute approximate surface area is 178 Å². The van der Waals surface area contributed by atoms with Crippen LogP contribution in [0, 0.1) is 18.3 Å². The van der Waals surface area contributed by atoms with Crippen LogP contribution in [0.25, 0.3) is 0 Å². The molecule has 9 heteroatoms. The van der Waals surface area contributed by atoms with Crippen LogP contribution in [-0.2, 0) is 0 Å². The molecule has 9 nitrogen and oxygen atoms in total. The Morgan fingerprint density at radius 3 is 2.16 bits per heavy atom. The lowest BCUT2D eigenvalue weighted by molar-refractivity contribution is 0.0696. The van der Waals surface area contributed by atoms with Crippen molar-refractivity contribution in [3.63, 3.8) is 0 Å². The Morgan fingerprint density at radius 2 is 1.65 bits per heavy atom. The van der Waals surface area contributed by atoms with Gasteiger partial charge in [0.1, 0.15) is 0 Å². The molecule has 2 aromatic carbocycles. The molecule has 2 aromatic rings. The van der Waals surface area contributed by atoms with Gasteiger partial charge in [0.05, 0.1) is 39.6 Å². The van der Waals surface area contributed by atoms with Crippen LogP contribution in [0.5, 0.6) is 0 Å². The number of nitrogens with two attached hydrogens (primary N) is 1. The number of amides is 3. The number of rotatable bonds is 5. The third-order valence-corrected chi connectivity index (χ3v) is 4.21. The number of hydrogen-bond acceptors (Lipinski definition) is 5. The minimum absolute atomic E-state index is 0.0508. The zero-order valence-electron chi connectivity index (χ0n) is 17.5. The fraction of sp³-hybridized carbons (Fsp3) is 0.227. The van der Waals surface area contributed by atoms with Crippen LogP contribution in [0.4, 0.5) is 5.69 Å². The topological polar surface area (TPSA) is 162 Å². The van der Waals surface area contributed by atoms with E-state index in [9.17, 15) is 29.5 Å². The average Bonchev–Trinajstić information content (AvgIpc) is 2.67. The molecule has 0 aliphatic carbocycles. The van der Waals surface area contributed by atoms with Crippen molar-refractivity contribution in [1.29, 1.82) is 5.26 Å². The second-order valence-corrected chi connectivity index (χ2v) is 7.92. The number of nitrogens with zero attached hydrogens (tertiary/aromatic N) is 1. The number of nitriles is 1. The predicted molar refractivity (Wildman–Crippen MR) is 113 cm³/mol. The normalized spacial score (nSPS) is 10.7. The minimum atomic E-state index is -1.29. The molecule has 0 fully saturated rings. The monoisotopic (exact) mass is 422 g/mol. The number of carbonyl (C=O) groups is 4. The van der Waals surface area contributed by atoms with E-state index < -0.39 is 29.2 Å². The number of benzene rings is 2. The van der Waals surface area contributed by atoms with Crippen LogP contribution in [0.3, 0.4) is 0 Å². The SMILES string of the molecule is Cc1cc(C#N)cc(C(=O)NC(C)(C)C)c1NC(=O)c1cc(C(=O)O)ccc1C(N)=O. The number of carbonyl (C=O) groups excluding carboxylic acids is 3. The van der Waals surface area contributed by atoms with Crippen LogP contribution in [-0.4, -0.2) is 34.3 Å². The molecule has 0 aliphatic rings. The highest BCUT2D eigenvalue weighted by molar-refractivity contribution is 6.15. The summed E-state index contributed by atoms with van der Waals surface area (Å²) in [6, 6.07) is 8.14. The quantitative estimate of drug-likeness (QED) is 0.578. The lowest BCUT2D eigenvalue weighted by Crippen LogP contribution is -2.41. The highest BCUT2D eigenvalue weighted by Gasteiger charge is 2.24.